The lowest BCUT2D eigenvalue weighted by atomic mass is 10.0. The van der Waals surface area contributed by atoms with Gasteiger partial charge in [-0.2, -0.15) is 0 Å². The number of hydrogen-bond acceptors (Lipinski definition) is 2. The minimum atomic E-state index is 0.312. The molecule has 0 atom stereocenters. The van der Waals surface area contributed by atoms with E-state index in [1.54, 1.807) is 0 Å². The van der Waals surface area contributed by atoms with E-state index in [1.807, 2.05) is 4.90 Å². The van der Waals surface area contributed by atoms with Gasteiger partial charge in [-0.05, 0) is 86.6 Å². The van der Waals surface area contributed by atoms with Crippen LogP contribution >= 0.6 is 0 Å². The molecule has 0 unspecified atom stereocenters. The van der Waals surface area contributed by atoms with Crippen LogP contribution in [0.4, 0.5) is 0 Å². The molecular weight excluding hydrogens is 368 g/mol. The molecule has 1 aliphatic rings. The molecule has 3 nitrogen and oxygen atoms in total. The lowest BCUT2D eigenvalue weighted by Gasteiger charge is -2.32. The summed E-state index contributed by atoms with van der Waals surface area (Å²) in [5, 5.41) is 0. The quantitative estimate of drug-likeness (QED) is 0.332. The third-order valence-corrected chi connectivity index (χ3v) is 5.86. The molecule has 0 bridgehead atoms. The molecular formula is C27H46N2O. The second-order valence-electron chi connectivity index (χ2n) is 9.27. The summed E-state index contributed by atoms with van der Waals surface area (Å²) in [7, 11) is 2.12. The van der Waals surface area contributed by atoms with Crippen LogP contribution in [-0.2, 0) is 4.79 Å². The molecule has 0 aromatic carbocycles. The van der Waals surface area contributed by atoms with Gasteiger partial charge in [0.25, 0.3) is 0 Å². The summed E-state index contributed by atoms with van der Waals surface area (Å²) < 4.78 is 0. The third-order valence-electron chi connectivity index (χ3n) is 5.86. The van der Waals surface area contributed by atoms with E-state index in [4.69, 9.17) is 0 Å². The maximum atomic E-state index is 12.3. The highest BCUT2D eigenvalue weighted by molar-refractivity contribution is 5.76. The van der Waals surface area contributed by atoms with Crippen LogP contribution in [0.15, 0.2) is 46.6 Å². The van der Waals surface area contributed by atoms with Crippen LogP contribution in [0.2, 0.25) is 0 Å². The first-order valence-corrected chi connectivity index (χ1v) is 11.8. The van der Waals surface area contributed by atoms with E-state index in [0.717, 1.165) is 64.7 Å². The van der Waals surface area contributed by atoms with E-state index >= 15 is 0 Å². The number of likely N-dealkylation sites (N-methyl/N-ethyl adjacent to an activating group) is 1. The maximum absolute atomic E-state index is 12.3. The minimum Gasteiger partial charge on any atom is -0.340 e. The van der Waals surface area contributed by atoms with Gasteiger partial charge in [0.15, 0.2) is 0 Å². The second-order valence-corrected chi connectivity index (χ2v) is 9.27. The van der Waals surface area contributed by atoms with Gasteiger partial charge in [-0.1, -0.05) is 46.6 Å². The van der Waals surface area contributed by atoms with Gasteiger partial charge in [-0.15, -0.1) is 0 Å². The van der Waals surface area contributed by atoms with Gasteiger partial charge >= 0.3 is 0 Å². The highest BCUT2D eigenvalue weighted by Gasteiger charge is 2.17. The van der Waals surface area contributed by atoms with Crippen LogP contribution in [0.1, 0.15) is 86.0 Å². The van der Waals surface area contributed by atoms with Crippen LogP contribution in [0, 0.1) is 0 Å². The fraction of sp³-hybridized carbons (Fsp3) is 0.667. The zero-order valence-electron chi connectivity index (χ0n) is 20.6. The molecule has 30 heavy (non-hydrogen) atoms. The fourth-order valence-electron chi connectivity index (χ4n) is 3.64. The molecule has 0 N–H and O–H groups in total. The van der Waals surface area contributed by atoms with E-state index in [9.17, 15) is 4.79 Å². The zero-order valence-corrected chi connectivity index (χ0v) is 20.6. The first-order chi connectivity index (χ1) is 14.3. The topological polar surface area (TPSA) is 23.6 Å². The zero-order chi connectivity index (χ0) is 22.4. The maximum Gasteiger partial charge on any atom is 0.222 e. The molecule has 0 spiro atoms. The van der Waals surface area contributed by atoms with Crippen molar-refractivity contribution in [1.29, 1.82) is 0 Å². The standard InChI is InChI=1S/C27H46N2O/c1-23(2)11-7-12-24(3)13-8-14-25(4)15-9-16-26(5)17-10-18-27(30)29-21-19-28(6)20-22-29/h11,13,15,17H,7-10,12,14,16,18-22H2,1-6H3. The van der Waals surface area contributed by atoms with Gasteiger partial charge in [-0.3, -0.25) is 4.79 Å². The van der Waals surface area contributed by atoms with Gasteiger partial charge in [0.1, 0.15) is 0 Å². The van der Waals surface area contributed by atoms with Crippen molar-refractivity contribution in [1.82, 2.24) is 9.80 Å². The number of amides is 1. The van der Waals surface area contributed by atoms with E-state index in [0.29, 0.717) is 12.3 Å². The first kappa shape index (κ1) is 26.4. The van der Waals surface area contributed by atoms with Crippen molar-refractivity contribution in [2.45, 2.75) is 86.0 Å². The third kappa shape index (κ3) is 12.8. The summed E-state index contributed by atoms with van der Waals surface area (Å²) in [6.45, 7) is 14.8. The summed E-state index contributed by atoms with van der Waals surface area (Å²) in [4.78, 5) is 16.6. The van der Waals surface area contributed by atoms with E-state index in [-0.39, 0.29) is 0 Å². The number of piperazine rings is 1. The average Bonchev–Trinajstić information content (AvgIpc) is 2.68. The Labute approximate surface area is 186 Å². The van der Waals surface area contributed by atoms with Crippen molar-refractivity contribution in [3.63, 3.8) is 0 Å². The Balaban J connectivity index is 2.20. The summed E-state index contributed by atoms with van der Waals surface area (Å²) in [6.07, 6.45) is 17.7. The minimum absolute atomic E-state index is 0.312. The number of carbonyl (C=O) groups excluding carboxylic acids is 1. The summed E-state index contributed by atoms with van der Waals surface area (Å²) in [5.41, 5.74) is 5.80. The van der Waals surface area contributed by atoms with Gasteiger partial charge in [0.05, 0.1) is 0 Å². The summed E-state index contributed by atoms with van der Waals surface area (Å²) in [6, 6.07) is 0. The molecule has 0 radical (unpaired) electrons. The largest absolute Gasteiger partial charge is 0.340 e. The van der Waals surface area contributed by atoms with Crippen molar-refractivity contribution in [3.05, 3.63) is 46.6 Å². The number of carbonyl (C=O) groups is 1. The van der Waals surface area contributed by atoms with E-state index in [1.165, 1.54) is 28.7 Å². The monoisotopic (exact) mass is 414 g/mol. The van der Waals surface area contributed by atoms with Gasteiger partial charge in [0.2, 0.25) is 5.91 Å². The van der Waals surface area contributed by atoms with E-state index < -0.39 is 0 Å². The Hall–Kier alpha value is -1.61. The molecule has 1 saturated heterocycles. The molecule has 1 amide bonds. The van der Waals surface area contributed by atoms with E-state index in [2.05, 4.69) is 70.9 Å². The number of hydrogen-bond donors (Lipinski definition) is 0. The highest BCUT2D eigenvalue weighted by Crippen LogP contribution is 2.14. The van der Waals surface area contributed by atoms with Crippen molar-refractivity contribution in [3.8, 4) is 0 Å². The van der Waals surface area contributed by atoms with Crippen LogP contribution in [0.25, 0.3) is 0 Å². The van der Waals surface area contributed by atoms with Crippen molar-refractivity contribution in [2.24, 2.45) is 0 Å². The lowest BCUT2D eigenvalue weighted by Crippen LogP contribution is -2.47. The molecule has 1 aliphatic heterocycles. The molecule has 1 fully saturated rings. The molecule has 0 aliphatic carbocycles. The molecule has 0 saturated carbocycles. The fourth-order valence-corrected chi connectivity index (χ4v) is 3.64. The Kier molecular flexibility index (Phi) is 13.4. The molecule has 0 aromatic rings. The van der Waals surface area contributed by atoms with Crippen molar-refractivity contribution in [2.75, 3.05) is 33.2 Å². The van der Waals surface area contributed by atoms with Crippen LogP contribution < -0.4 is 0 Å². The Morgan fingerprint density at radius 1 is 0.633 bits per heavy atom. The van der Waals surface area contributed by atoms with Crippen LogP contribution in [0.5, 0.6) is 0 Å². The normalized spacial score (nSPS) is 16.7. The molecule has 1 rings (SSSR count). The predicted molar refractivity (Wildman–Crippen MR) is 132 cm³/mol. The summed E-state index contributed by atoms with van der Waals surface area (Å²) in [5.74, 6) is 0.312. The number of rotatable bonds is 12. The molecule has 0 aromatic heterocycles. The summed E-state index contributed by atoms with van der Waals surface area (Å²) >= 11 is 0. The Bertz CT molecular complexity index is 627. The lowest BCUT2D eigenvalue weighted by molar-refractivity contribution is -0.132. The highest BCUT2D eigenvalue weighted by atomic mass is 16.2. The smallest absolute Gasteiger partial charge is 0.222 e. The number of nitrogens with zero attached hydrogens (tertiary/aromatic N) is 2. The van der Waals surface area contributed by atoms with Crippen molar-refractivity contribution >= 4 is 5.91 Å². The van der Waals surface area contributed by atoms with Gasteiger partial charge in [-0.25, -0.2) is 0 Å². The van der Waals surface area contributed by atoms with Crippen LogP contribution in [0.3, 0.4) is 0 Å². The van der Waals surface area contributed by atoms with Crippen LogP contribution in [-0.4, -0.2) is 48.9 Å². The van der Waals surface area contributed by atoms with Gasteiger partial charge in [0, 0.05) is 32.6 Å². The Morgan fingerprint density at radius 3 is 1.47 bits per heavy atom. The molecule has 1 heterocycles. The average molecular weight is 415 g/mol. The SMILES string of the molecule is CC(C)=CCCC(C)=CCCC(C)=CCCC(C)=CCCC(=O)N1CCN(C)CC1. The second kappa shape index (κ2) is 15.2. The predicted octanol–water partition coefficient (Wildman–Crippen LogP) is 6.69. The first-order valence-electron chi connectivity index (χ1n) is 11.8. The number of allylic oxidation sites excluding steroid dienone is 8. The molecule has 170 valence electrons. The van der Waals surface area contributed by atoms with Crippen molar-refractivity contribution < 1.29 is 4.79 Å². The Morgan fingerprint density at radius 2 is 1.03 bits per heavy atom. The van der Waals surface area contributed by atoms with Gasteiger partial charge < -0.3 is 9.80 Å². The molecule has 3 heteroatoms.